The van der Waals surface area contributed by atoms with Crippen LogP contribution in [0.5, 0.6) is 0 Å². The molecule has 114 valence electrons. The average molecular weight is 287 g/mol. The average Bonchev–Trinajstić information content (AvgIpc) is 2.84. The van der Waals surface area contributed by atoms with E-state index in [-0.39, 0.29) is 5.92 Å². The van der Waals surface area contributed by atoms with Gasteiger partial charge in [0, 0.05) is 29.5 Å². The Morgan fingerprint density at radius 3 is 2.90 bits per heavy atom. The Labute approximate surface area is 123 Å². The van der Waals surface area contributed by atoms with Gasteiger partial charge < -0.3 is 19.3 Å². The Morgan fingerprint density at radius 1 is 1.40 bits per heavy atom. The van der Waals surface area contributed by atoms with E-state index in [2.05, 4.69) is 6.92 Å². The van der Waals surface area contributed by atoms with Crippen molar-refractivity contribution in [2.45, 2.75) is 58.1 Å². The highest BCUT2D eigenvalue weighted by Crippen LogP contribution is 2.57. The third-order valence-electron chi connectivity index (χ3n) is 5.20. The first-order valence-electron chi connectivity index (χ1n) is 8.82. The number of hydrogen-bond acceptors (Lipinski definition) is 5. The van der Waals surface area contributed by atoms with Crippen LogP contribution in [0.2, 0.25) is 0 Å². The van der Waals surface area contributed by atoms with Gasteiger partial charge in [0.25, 0.3) is 0 Å². The van der Waals surface area contributed by atoms with Gasteiger partial charge in [-0.3, -0.25) is 4.79 Å². The van der Waals surface area contributed by atoms with Crippen molar-refractivity contribution in [2.24, 2.45) is 23.7 Å². The molecule has 5 heteroatoms. The zero-order valence-electron chi connectivity index (χ0n) is 14.9. The molecule has 0 radical (unpaired) electrons. The molecule has 3 fully saturated rings. The number of aliphatic hydroxyl groups excluding tert-OH is 1. The van der Waals surface area contributed by atoms with Crippen LogP contribution in [0.4, 0.5) is 0 Å². The van der Waals surface area contributed by atoms with Crippen LogP contribution in [0.15, 0.2) is 0 Å². The van der Waals surface area contributed by atoms with E-state index in [1.807, 2.05) is 0 Å². The quantitative estimate of drug-likeness (QED) is 0.743. The van der Waals surface area contributed by atoms with Gasteiger partial charge in [-0.15, -0.1) is 0 Å². The van der Waals surface area contributed by atoms with E-state index in [4.69, 9.17) is 18.3 Å². The van der Waals surface area contributed by atoms with Crippen molar-refractivity contribution in [2.75, 3.05) is 6.61 Å². The number of carbonyl (C=O) groups is 1. The van der Waals surface area contributed by atoms with Crippen molar-refractivity contribution >= 4 is 5.97 Å². The van der Waals surface area contributed by atoms with Crippen molar-refractivity contribution in [1.82, 2.24) is 0 Å². The SMILES string of the molecule is [2H]C([2H])([2H])[C@@H]1C(O)O[C@H](OC(C)=O)[C@@]23OCC[C@H]2[C@H](C)CC[C@@H]13. The number of aliphatic hydroxyl groups is 1. The van der Waals surface area contributed by atoms with Gasteiger partial charge in [0.2, 0.25) is 6.29 Å². The van der Waals surface area contributed by atoms with E-state index in [0.717, 1.165) is 12.8 Å². The molecule has 0 bridgehead atoms. The predicted molar refractivity (Wildman–Crippen MR) is 70.5 cm³/mol. The van der Waals surface area contributed by atoms with E-state index >= 15 is 0 Å². The molecule has 2 heterocycles. The highest BCUT2D eigenvalue weighted by molar-refractivity contribution is 5.66. The normalized spacial score (nSPS) is 54.0. The third kappa shape index (κ3) is 1.90. The summed E-state index contributed by atoms with van der Waals surface area (Å²) >= 11 is 0. The Morgan fingerprint density at radius 2 is 2.20 bits per heavy atom. The second kappa shape index (κ2) is 4.97. The minimum atomic E-state index is -2.37. The molecule has 2 aliphatic heterocycles. The fourth-order valence-corrected chi connectivity index (χ4v) is 4.34. The van der Waals surface area contributed by atoms with E-state index in [0.29, 0.717) is 18.9 Å². The Hall–Kier alpha value is -0.650. The Bertz CT molecular complexity index is 482. The zero-order chi connectivity index (χ0) is 17.0. The molecule has 0 aromatic rings. The van der Waals surface area contributed by atoms with Crippen LogP contribution < -0.4 is 0 Å². The minimum absolute atomic E-state index is 0.0583. The summed E-state index contributed by atoms with van der Waals surface area (Å²) < 4.78 is 40.3. The van der Waals surface area contributed by atoms with Crippen LogP contribution in [0.25, 0.3) is 0 Å². The lowest BCUT2D eigenvalue weighted by atomic mass is 9.59. The first kappa shape index (κ1) is 11.0. The maximum absolute atomic E-state index is 11.5. The summed E-state index contributed by atoms with van der Waals surface area (Å²) in [5.74, 6) is -1.62. The molecule has 0 amide bonds. The fourth-order valence-electron chi connectivity index (χ4n) is 4.34. The van der Waals surface area contributed by atoms with Crippen LogP contribution in [0, 0.1) is 23.7 Å². The number of ether oxygens (including phenoxy) is 3. The summed E-state index contributed by atoms with van der Waals surface area (Å²) in [5.41, 5.74) is -0.971. The highest BCUT2D eigenvalue weighted by Gasteiger charge is 2.65. The first-order chi connectivity index (χ1) is 10.7. The maximum atomic E-state index is 11.5. The molecule has 1 N–H and O–H groups in total. The molecule has 20 heavy (non-hydrogen) atoms. The minimum Gasteiger partial charge on any atom is -0.433 e. The van der Waals surface area contributed by atoms with Crippen molar-refractivity contribution in [1.29, 1.82) is 0 Å². The summed E-state index contributed by atoms with van der Waals surface area (Å²) in [7, 11) is 0. The van der Waals surface area contributed by atoms with Crippen LogP contribution >= 0.6 is 0 Å². The molecule has 1 unspecified atom stereocenters. The van der Waals surface area contributed by atoms with Gasteiger partial charge in [0.05, 0.1) is 0 Å². The molecule has 1 saturated carbocycles. The van der Waals surface area contributed by atoms with Gasteiger partial charge in [-0.2, -0.15) is 0 Å². The molecule has 3 rings (SSSR count). The largest absolute Gasteiger partial charge is 0.433 e. The lowest BCUT2D eigenvalue weighted by Gasteiger charge is -2.56. The third-order valence-corrected chi connectivity index (χ3v) is 5.20. The smallest absolute Gasteiger partial charge is 0.305 e. The number of esters is 1. The van der Waals surface area contributed by atoms with Crippen molar-refractivity contribution < 1.29 is 28.2 Å². The molecule has 5 nitrogen and oxygen atoms in total. The molecule has 7 atom stereocenters. The fraction of sp³-hybridized carbons (Fsp3) is 0.933. The summed E-state index contributed by atoms with van der Waals surface area (Å²) in [5, 5.41) is 10.3. The molecule has 2 saturated heterocycles. The Balaban J connectivity index is 2.05. The lowest BCUT2D eigenvalue weighted by molar-refractivity contribution is -0.360. The van der Waals surface area contributed by atoms with Crippen molar-refractivity contribution in [3.8, 4) is 0 Å². The maximum Gasteiger partial charge on any atom is 0.305 e. The summed E-state index contributed by atoms with van der Waals surface area (Å²) in [4.78, 5) is 11.5. The summed E-state index contributed by atoms with van der Waals surface area (Å²) in [6, 6.07) is 0. The van der Waals surface area contributed by atoms with E-state index < -0.39 is 42.8 Å². The van der Waals surface area contributed by atoms with Gasteiger partial charge in [-0.1, -0.05) is 13.8 Å². The monoisotopic (exact) mass is 287 g/mol. The van der Waals surface area contributed by atoms with Gasteiger partial charge in [0.15, 0.2) is 6.29 Å². The van der Waals surface area contributed by atoms with Gasteiger partial charge in [0.1, 0.15) is 5.60 Å². The Kier molecular flexibility index (Phi) is 2.73. The molecule has 1 spiro atoms. The zero-order valence-corrected chi connectivity index (χ0v) is 11.9. The van der Waals surface area contributed by atoms with Crippen LogP contribution in [-0.4, -0.2) is 35.9 Å². The highest BCUT2D eigenvalue weighted by atomic mass is 16.8. The predicted octanol–water partition coefficient (Wildman–Crippen LogP) is 1.68. The van der Waals surface area contributed by atoms with Gasteiger partial charge in [-0.05, 0) is 31.1 Å². The van der Waals surface area contributed by atoms with E-state index in [9.17, 15) is 9.90 Å². The van der Waals surface area contributed by atoms with Gasteiger partial charge in [-0.25, -0.2) is 0 Å². The molecule has 0 aromatic heterocycles. The second-order valence-electron chi connectivity index (χ2n) is 6.25. The van der Waals surface area contributed by atoms with E-state index in [1.54, 1.807) is 0 Å². The van der Waals surface area contributed by atoms with Crippen molar-refractivity contribution in [3.63, 3.8) is 0 Å². The van der Waals surface area contributed by atoms with Gasteiger partial charge >= 0.3 is 5.97 Å². The standard InChI is InChI=1S/C15H24O5/c1-8-4-5-12-9(2)13(17)20-14(19-10(3)16)15(12)11(8)6-7-18-15/h8-9,11-14,17H,4-7H2,1-3H3/t8-,9+,11+,12+,13?,14+,15-/m1/s1/i2D3. The summed E-state index contributed by atoms with van der Waals surface area (Å²) in [6.45, 7) is 1.50. The molecular formula is C15H24O5. The van der Waals surface area contributed by atoms with Crippen LogP contribution in [0.3, 0.4) is 0 Å². The molecule has 1 aliphatic carbocycles. The lowest BCUT2D eigenvalue weighted by Crippen LogP contribution is -2.66. The van der Waals surface area contributed by atoms with Crippen molar-refractivity contribution in [3.05, 3.63) is 0 Å². The number of carbonyl (C=O) groups excluding carboxylic acids is 1. The molecular weight excluding hydrogens is 260 g/mol. The second-order valence-corrected chi connectivity index (χ2v) is 6.25. The van der Waals surface area contributed by atoms with E-state index in [1.165, 1.54) is 6.92 Å². The number of rotatable bonds is 1. The molecule has 3 aliphatic rings. The summed E-state index contributed by atoms with van der Waals surface area (Å²) in [6.07, 6.45) is -0.303. The molecule has 0 aromatic carbocycles. The van der Waals surface area contributed by atoms with Crippen LogP contribution in [0.1, 0.15) is 44.1 Å². The number of hydrogen-bond donors (Lipinski definition) is 1. The first-order valence-corrected chi connectivity index (χ1v) is 7.32. The van der Waals surface area contributed by atoms with Crippen LogP contribution in [-0.2, 0) is 19.0 Å². The topological polar surface area (TPSA) is 65.0 Å².